The molecule has 0 amide bonds. The number of hydrogen-bond acceptors (Lipinski definition) is 5. The van der Waals surface area contributed by atoms with E-state index < -0.39 is 0 Å². The molecule has 138 valence electrons. The monoisotopic (exact) mass is 360 g/mol. The highest BCUT2D eigenvalue weighted by molar-refractivity contribution is 5.97. The zero-order valence-corrected chi connectivity index (χ0v) is 15.7. The quantitative estimate of drug-likeness (QED) is 0.721. The maximum Gasteiger partial charge on any atom is 0.173 e. The topological polar surface area (TPSA) is 59.2 Å². The molecule has 0 saturated heterocycles. The summed E-state index contributed by atoms with van der Waals surface area (Å²) in [4.78, 5) is 21.3. The predicted molar refractivity (Wildman–Crippen MR) is 106 cm³/mol. The molecule has 2 aliphatic heterocycles. The summed E-state index contributed by atoms with van der Waals surface area (Å²) < 4.78 is 2.20. The average molecular weight is 360 g/mol. The summed E-state index contributed by atoms with van der Waals surface area (Å²) in [7, 11) is 2.10. The molecule has 27 heavy (non-hydrogen) atoms. The van der Waals surface area contributed by atoms with Crippen LogP contribution in [-0.4, -0.2) is 43.2 Å². The summed E-state index contributed by atoms with van der Waals surface area (Å²) >= 11 is 0. The standard InChI is InChI=1S/C21H24N6/c1-26-19-8-3-2-6-17(19)24-20(26)14-27-11-9-16-15(13-27)12-23-21(25-16)18-7-4-5-10-22-18/h2-3,6,8,12H,4-5,7,9-11,13-14H2,1H3. The minimum Gasteiger partial charge on any atom is -0.330 e. The van der Waals surface area contributed by atoms with Crippen molar-refractivity contribution in [2.45, 2.75) is 38.8 Å². The maximum absolute atomic E-state index is 4.84. The highest BCUT2D eigenvalue weighted by atomic mass is 15.2. The lowest BCUT2D eigenvalue weighted by Crippen LogP contribution is -2.32. The fourth-order valence-electron chi connectivity index (χ4n) is 4.07. The van der Waals surface area contributed by atoms with E-state index in [9.17, 15) is 0 Å². The van der Waals surface area contributed by atoms with Gasteiger partial charge in [0.1, 0.15) is 5.82 Å². The van der Waals surface area contributed by atoms with E-state index in [-0.39, 0.29) is 0 Å². The van der Waals surface area contributed by atoms with Gasteiger partial charge in [0.25, 0.3) is 0 Å². The molecular weight excluding hydrogens is 336 g/mol. The van der Waals surface area contributed by atoms with E-state index in [4.69, 9.17) is 9.97 Å². The van der Waals surface area contributed by atoms with Gasteiger partial charge in [0.2, 0.25) is 0 Å². The molecule has 6 heteroatoms. The fourth-order valence-corrected chi connectivity index (χ4v) is 4.07. The van der Waals surface area contributed by atoms with Crippen LogP contribution >= 0.6 is 0 Å². The van der Waals surface area contributed by atoms with Crippen molar-refractivity contribution in [3.05, 3.63) is 53.4 Å². The predicted octanol–water partition coefficient (Wildman–Crippen LogP) is 2.89. The first kappa shape index (κ1) is 16.6. The highest BCUT2D eigenvalue weighted by Gasteiger charge is 2.21. The Morgan fingerprint density at radius 3 is 2.85 bits per heavy atom. The Morgan fingerprint density at radius 1 is 1.07 bits per heavy atom. The SMILES string of the molecule is Cn1c(CN2CCc3nc(C4=NCCCC4)ncc3C2)nc2ccccc21. The first-order valence-corrected chi connectivity index (χ1v) is 9.79. The summed E-state index contributed by atoms with van der Waals surface area (Å²) in [5.74, 6) is 1.95. The summed E-state index contributed by atoms with van der Waals surface area (Å²) in [6.45, 7) is 3.64. The minimum atomic E-state index is 0.845. The Balaban J connectivity index is 1.35. The van der Waals surface area contributed by atoms with Gasteiger partial charge in [-0.15, -0.1) is 0 Å². The fraction of sp³-hybridized carbons (Fsp3) is 0.429. The Morgan fingerprint density at radius 2 is 2.00 bits per heavy atom. The molecule has 0 fully saturated rings. The maximum atomic E-state index is 4.84. The van der Waals surface area contributed by atoms with Crippen molar-refractivity contribution >= 4 is 16.7 Å². The number of aryl methyl sites for hydroxylation is 1. The van der Waals surface area contributed by atoms with Crippen molar-refractivity contribution in [1.29, 1.82) is 0 Å². The van der Waals surface area contributed by atoms with Crippen molar-refractivity contribution in [3.8, 4) is 0 Å². The second-order valence-electron chi connectivity index (χ2n) is 7.49. The molecule has 4 heterocycles. The van der Waals surface area contributed by atoms with Gasteiger partial charge in [-0.2, -0.15) is 0 Å². The van der Waals surface area contributed by atoms with Gasteiger partial charge in [0.15, 0.2) is 5.82 Å². The largest absolute Gasteiger partial charge is 0.330 e. The molecule has 2 aliphatic rings. The molecule has 6 nitrogen and oxygen atoms in total. The zero-order valence-electron chi connectivity index (χ0n) is 15.7. The Hall–Kier alpha value is -2.60. The van der Waals surface area contributed by atoms with E-state index >= 15 is 0 Å². The average Bonchev–Trinajstić information content (AvgIpc) is 3.04. The van der Waals surface area contributed by atoms with E-state index in [1.54, 1.807) is 0 Å². The van der Waals surface area contributed by atoms with E-state index in [2.05, 4.69) is 44.7 Å². The third-order valence-corrected chi connectivity index (χ3v) is 5.64. The number of hydrogen-bond donors (Lipinski definition) is 0. The van der Waals surface area contributed by atoms with Crippen LogP contribution in [0.3, 0.4) is 0 Å². The number of fused-ring (bicyclic) bond motifs is 2. The van der Waals surface area contributed by atoms with Gasteiger partial charge in [0.05, 0.1) is 29.0 Å². The molecule has 1 aromatic carbocycles. The molecule has 0 bridgehead atoms. The van der Waals surface area contributed by atoms with Crippen molar-refractivity contribution in [2.75, 3.05) is 13.1 Å². The number of nitrogens with zero attached hydrogens (tertiary/aromatic N) is 6. The third-order valence-electron chi connectivity index (χ3n) is 5.64. The van der Waals surface area contributed by atoms with E-state index in [0.29, 0.717) is 0 Å². The number of para-hydroxylation sites is 2. The summed E-state index contributed by atoms with van der Waals surface area (Å²) in [6.07, 6.45) is 6.37. The Labute approximate surface area is 159 Å². The van der Waals surface area contributed by atoms with Crippen molar-refractivity contribution in [3.63, 3.8) is 0 Å². The van der Waals surface area contributed by atoms with Crippen LogP contribution in [0.1, 0.15) is 42.2 Å². The number of benzene rings is 1. The molecule has 0 saturated carbocycles. The second kappa shape index (κ2) is 6.85. The molecule has 5 rings (SSSR count). The van der Waals surface area contributed by atoms with Crippen LogP contribution in [-0.2, 0) is 26.6 Å². The molecule has 0 spiro atoms. The summed E-state index contributed by atoms with van der Waals surface area (Å²) in [5.41, 5.74) is 5.76. The number of rotatable bonds is 3. The number of imidazole rings is 1. The van der Waals surface area contributed by atoms with Crippen LogP contribution in [0.15, 0.2) is 35.5 Å². The van der Waals surface area contributed by atoms with Crippen LogP contribution in [0.2, 0.25) is 0 Å². The molecule has 0 N–H and O–H groups in total. The lowest BCUT2D eigenvalue weighted by Gasteiger charge is -2.27. The molecule has 0 unspecified atom stereocenters. The first-order valence-electron chi connectivity index (χ1n) is 9.79. The Bertz CT molecular complexity index is 1020. The van der Waals surface area contributed by atoms with Crippen LogP contribution in [0.25, 0.3) is 11.0 Å². The molecule has 3 aromatic rings. The van der Waals surface area contributed by atoms with Crippen molar-refractivity contribution in [2.24, 2.45) is 12.0 Å². The molecule has 2 aromatic heterocycles. The van der Waals surface area contributed by atoms with Crippen LogP contribution < -0.4 is 0 Å². The normalized spacial score (nSPS) is 17.7. The zero-order chi connectivity index (χ0) is 18.2. The number of aromatic nitrogens is 4. The first-order chi connectivity index (χ1) is 13.3. The summed E-state index contributed by atoms with van der Waals surface area (Å²) in [5, 5.41) is 0. The van der Waals surface area contributed by atoms with Crippen molar-refractivity contribution in [1.82, 2.24) is 24.4 Å². The van der Waals surface area contributed by atoms with Gasteiger partial charge in [0, 0.05) is 44.9 Å². The highest BCUT2D eigenvalue weighted by Crippen LogP contribution is 2.21. The van der Waals surface area contributed by atoms with Gasteiger partial charge in [-0.1, -0.05) is 12.1 Å². The van der Waals surface area contributed by atoms with E-state index in [1.807, 2.05) is 12.3 Å². The van der Waals surface area contributed by atoms with Crippen LogP contribution in [0, 0.1) is 0 Å². The van der Waals surface area contributed by atoms with Crippen LogP contribution in [0.5, 0.6) is 0 Å². The second-order valence-corrected chi connectivity index (χ2v) is 7.49. The molecule has 0 atom stereocenters. The van der Waals surface area contributed by atoms with Crippen molar-refractivity contribution < 1.29 is 0 Å². The van der Waals surface area contributed by atoms with Crippen LogP contribution in [0.4, 0.5) is 0 Å². The lowest BCUT2D eigenvalue weighted by atomic mass is 10.1. The third kappa shape index (κ3) is 3.14. The molecular formula is C21H24N6. The van der Waals surface area contributed by atoms with Gasteiger partial charge in [-0.3, -0.25) is 9.89 Å². The summed E-state index contributed by atoms with van der Waals surface area (Å²) in [6, 6.07) is 8.31. The smallest absolute Gasteiger partial charge is 0.173 e. The number of aliphatic imine (C=N–C) groups is 1. The molecule has 0 radical (unpaired) electrons. The van der Waals surface area contributed by atoms with Gasteiger partial charge >= 0.3 is 0 Å². The Kier molecular flexibility index (Phi) is 4.20. The van der Waals surface area contributed by atoms with Gasteiger partial charge in [-0.05, 0) is 31.4 Å². The molecule has 0 aliphatic carbocycles. The minimum absolute atomic E-state index is 0.845. The lowest BCUT2D eigenvalue weighted by molar-refractivity contribution is 0.235. The van der Waals surface area contributed by atoms with Gasteiger partial charge in [-0.25, -0.2) is 15.0 Å². The van der Waals surface area contributed by atoms with E-state index in [1.165, 1.54) is 29.6 Å². The van der Waals surface area contributed by atoms with Gasteiger partial charge < -0.3 is 4.57 Å². The van der Waals surface area contributed by atoms with E-state index in [0.717, 1.165) is 61.9 Å².